The highest BCUT2D eigenvalue weighted by Crippen LogP contribution is 2.38. The number of nitrogens with one attached hydrogen (secondary N) is 1. The van der Waals surface area contributed by atoms with E-state index in [1.807, 2.05) is 45.0 Å². The van der Waals surface area contributed by atoms with Gasteiger partial charge in [-0.2, -0.15) is 4.99 Å². The lowest BCUT2D eigenvalue weighted by atomic mass is 9.84. The summed E-state index contributed by atoms with van der Waals surface area (Å²) in [4.78, 5) is 34.4. The van der Waals surface area contributed by atoms with Crippen molar-refractivity contribution >= 4 is 23.3 Å². The van der Waals surface area contributed by atoms with Crippen molar-refractivity contribution in [2.24, 2.45) is 10.9 Å². The monoisotopic (exact) mass is 536 g/mol. The van der Waals surface area contributed by atoms with Crippen molar-refractivity contribution in [3.05, 3.63) is 64.7 Å². The number of rotatable bonds is 6. The zero-order valence-electron chi connectivity index (χ0n) is 23.1. The summed E-state index contributed by atoms with van der Waals surface area (Å²) in [5.41, 5.74) is 4.70. The second-order valence-corrected chi connectivity index (χ2v) is 11.7. The highest BCUT2D eigenvalue weighted by atomic mass is 19.3. The number of halogens is 2. The van der Waals surface area contributed by atoms with Gasteiger partial charge in [0.25, 0.3) is 11.8 Å². The number of carbonyl (C=O) groups excluding carboxylic acids is 2. The number of fused-ring (bicyclic) bond motifs is 1. The Labute approximate surface area is 229 Å². The van der Waals surface area contributed by atoms with Gasteiger partial charge in [-0.1, -0.05) is 29.8 Å². The van der Waals surface area contributed by atoms with Gasteiger partial charge in [-0.15, -0.1) is 0 Å². The van der Waals surface area contributed by atoms with Crippen LogP contribution in [-0.4, -0.2) is 53.6 Å². The van der Waals surface area contributed by atoms with E-state index in [4.69, 9.17) is 0 Å². The normalized spacial score (nSPS) is 23.8. The van der Waals surface area contributed by atoms with E-state index in [1.165, 1.54) is 0 Å². The van der Waals surface area contributed by atoms with Crippen molar-refractivity contribution in [1.82, 2.24) is 10.2 Å². The summed E-state index contributed by atoms with van der Waals surface area (Å²) in [5, 5.41) is 3.04. The average Bonchev–Trinajstić information content (AvgIpc) is 3.42. The number of carbonyl (C=O) groups is 2. The second kappa shape index (κ2) is 11.2. The largest absolute Gasteiger partial charge is 0.354 e. The number of amides is 2. The van der Waals surface area contributed by atoms with E-state index >= 15 is 0 Å². The van der Waals surface area contributed by atoms with E-state index in [1.54, 1.807) is 17.0 Å². The summed E-state index contributed by atoms with van der Waals surface area (Å²) in [6, 6.07) is 13.8. The van der Waals surface area contributed by atoms with E-state index in [0.29, 0.717) is 25.1 Å². The molecule has 2 aliphatic heterocycles. The number of anilines is 1. The van der Waals surface area contributed by atoms with Crippen LogP contribution in [0.25, 0.3) is 0 Å². The number of benzene rings is 2. The highest BCUT2D eigenvalue weighted by Gasteiger charge is 2.39. The first-order chi connectivity index (χ1) is 18.6. The van der Waals surface area contributed by atoms with Crippen LogP contribution in [0.2, 0.25) is 0 Å². The molecule has 2 amide bonds. The molecule has 6 nitrogen and oxygen atoms in total. The van der Waals surface area contributed by atoms with Gasteiger partial charge >= 0.3 is 0 Å². The Morgan fingerprint density at radius 1 is 1.08 bits per heavy atom. The maximum Gasteiger partial charge on any atom is 0.278 e. The van der Waals surface area contributed by atoms with Gasteiger partial charge < -0.3 is 10.2 Å². The minimum absolute atomic E-state index is 0.0107. The number of hydrogen-bond acceptors (Lipinski definition) is 3. The zero-order valence-corrected chi connectivity index (χ0v) is 23.1. The molecule has 3 aliphatic rings. The lowest BCUT2D eigenvalue weighted by Gasteiger charge is -2.36. The summed E-state index contributed by atoms with van der Waals surface area (Å²) < 4.78 is 27.6. The SMILES string of the molecule is Cc1ccc(C(=O)N=C2Cc3ccc(CN4CCC(F)(F)C4)cc3N2C2CCC(C(=O)NC(C)C)CC2)cc1. The van der Waals surface area contributed by atoms with Crippen molar-refractivity contribution < 1.29 is 18.4 Å². The number of aliphatic imine (C=N–C) groups is 1. The molecule has 0 spiro atoms. The molecule has 2 aromatic rings. The molecule has 1 N–H and O–H groups in total. The summed E-state index contributed by atoms with van der Waals surface area (Å²) in [6.45, 7) is 6.56. The maximum absolute atomic E-state index is 13.8. The summed E-state index contributed by atoms with van der Waals surface area (Å²) in [6.07, 6.45) is 3.62. The molecular formula is C31H38F2N4O2. The maximum atomic E-state index is 13.8. The average molecular weight is 537 g/mol. The Morgan fingerprint density at radius 2 is 1.79 bits per heavy atom. The molecule has 39 heavy (non-hydrogen) atoms. The number of amidine groups is 1. The number of aryl methyl sites for hydroxylation is 1. The first-order valence-corrected chi connectivity index (χ1v) is 14.1. The molecule has 2 fully saturated rings. The summed E-state index contributed by atoms with van der Waals surface area (Å²) in [5.74, 6) is -2.08. The molecule has 0 atom stereocenters. The number of alkyl halides is 2. The van der Waals surface area contributed by atoms with E-state index in [0.717, 1.165) is 53.9 Å². The minimum Gasteiger partial charge on any atom is -0.354 e. The first-order valence-electron chi connectivity index (χ1n) is 14.1. The molecule has 0 bridgehead atoms. The minimum atomic E-state index is -2.63. The lowest BCUT2D eigenvalue weighted by molar-refractivity contribution is -0.126. The molecule has 0 unspecified atom stereocenters. The predicted molar refractivity (Wildman–Crippen MR) is 149 cm³/mol. The van der Waals surface area contributed by atoms with Crippen LogP contribution in [0.15, 0.2) is 47.5 Å². The van der Waals surface area contributed by atoms with Crippen molar-refractivity contribution in [1.29, 1.82) is 0 Å². The smallest absolute Gasteiger partial charge is 0.278 e. The van der Waals surface area contributed by atoms with Crippen LogP contribution in [0.4, 0.5) is 14.5 Å². The molecule has 0 aromatic heterocycles. The fraction of sp³-hybridized carbons (Fsp3) is 0.516. The van der Waals surface area contributed by atoms with Gasteiger partial charge in [-0.25, -0.2) is 8.78 Å². The van der Waals surface area contributed by atoms with Crippen LogP contribution < -0.4 is 10.2 Å². The van der Waals surface area contributed by atoms with Gasteiger partial charge in [-0.05, 0) is 75.8 Å². The van der Waals surface area contributed by atoms with E-state index in [2.05, 4.69) is 21.3 Å². The van der Waals surface area contributed by atoms with Crippen LogP contribution >= 0.6 is 0 Å². The zero-order chi connectivity index (χ0) is 27.7. The fourth-order valence-corrected chi connectivity index (χ4v) is 6.05. The van der Waals surface area contributed by atoms with Crippen molar-refractivity contribution in [3.63, 3.8) is 0 Å². The van der Waals surface area contributed by atoms with Crippen LogP contribution in [0.3, 0.4) is 0 Å². The Kier molecular flexibility index (Phi) is 7.85. The van der Waals surface area contributed by atoms with Gasteiger partial charge in [0.2, 0.25) is 5.91 Å². The topological polar surface area (TPSA) is 65.0 Å². The van der Waals surface area contributed by atoms with E-state index in [-0.39, 0.29) is 42.8 Å². The molecule has 2 aromatic carbocycles. The Morgan fingerprint density at radius 3 is 2.44 bits per heavy atom. The Hall–Kier alpha value is -3.13. The first kappa shape index (κ1) is 27.4. The fourth-order valence-electron chi connectivity index (χ4n) is 6.05. The van der Waals surface area contributed by atoms with Gasteiger partial charge in [0.1, 0.15) is 5.84 Å². The number of nitrogens with zero attached hydrogens (tertiary/aromatic N) is 3. The number of hydrogen-bond donors (Lipinski definition) is 1. The number of likely N-dealkylation sites (tertiary alicyclic amines) is 1. The Bertz CT molecular complexity index is 1250. The molecule has 0 radical (unpaired) electrons. The van der Waals surface area contributed by atoms with Crippen molar-refractivity contribution in [3.8, 4) is 0 Å². The third kappa shape index (κ3) is 6.38. The quantitative estimate of drug-likeness (QED) is 0.528. The van der Waals surface area contributed by atoms with Crippen LogP contribution in [0.1, 0.15) is 73.0 Å². The van der Waals surface area contributed by atoms with Crippen LogP contribution in [0.5, 0.6) is 0 Å². The molecule has 2 heterocycles. The van der Waals surface area contributed by atoms with Crippen LogP contribution in [-0.2, 0) is 17.8 Å². The molecule has 1 saturated carbocycles. The molecule has 8 heteroatoms. The van der Waals surface area contributed by atoms with Gasteiger partial charge in [0, 0.05) is 55.2 Å². The molecule has 1 saturated heterocycles. The molecule has 208 valence electrons. The van der Waals surface area contributed by atoms with Gasteiger partial charge in [0.15, 0.2) is 0 Å². The summed E-state index contributed by atoms with van der Waals surface area (Å²) >= 11 is 0. The lowest BCUT2D eigenvalue weighted by Crippen LogP contribution is -2.44. The Balaban J connectivity index is 1.40. The summed E-state index contributed by atoms with van der Waals surface area (Å²) in [7, 11) is 0. The third-order valence-electron chi connectivity index (χ3n) is 8.08. The predicted octanol–water partition coefficient (Wildman–Crippen LogP) is 5.52. The molecule has 1 aliphatic carbocycles. The second-order valence-electron chi connectivity index (χ2n) is 11.7. The highest BCUT2D eigenvalue weighted by molar-refractivity contribution is 6.12. The van der Waals surface area contributed by atoms with Gasteiger partial charge in [0.05, 0.1) is 6.54 Å². The van der Waals surface area contributed by atoms with Gasteiger partial charge in [-0.3, -0.25) is 14.5 Å². The van der Waals surface area contributed by atoms with E-state index in [9.17, 15) is 18.4 Å². The molecule has 5 rings (SSSR count). The third-order valence-corrected chi connectivity index (χ3v) is 8.08. The van der Waals surface area contributed by atoms with Crippen molar-refractivity contribution in [2.75, 3.05) is 18.0 Å². The van der Waals surface area contributed by atoms with Crippen molar-refractivity contribution in [2.45, 2.75) is 83.8 Å². The standard InChI is InChI=1S/C31H38F2N4O2/c1-20(2)34-29(38)24-10-12-26(13-11-24)37-27-16-22(18-36-15-14-31(32,33)19-36)6-9-25(27)17-28(37)35-30(39)23-7-4-21(3)5-8-23/h4-9,16,20,24,26H,10-15,17-19H2,1-3H3,(H,34,38). The van der Waals surface area contributed by atoms with Crippen LogP contribution in [0, 0.1) is 12.8 Å². The van der Waals surface area contributed by atoms with E-state index < -0.39 is 5.92 Å². The molecular weight excluding hydrogens is 498 g/mol.